The molecule has 2 rings (SSSR count). The molecule has 0 saturated carbocycles. The van der Waals surface area contributed by atoms with Gasteiger partial charge in [0.25, 0.3) is 0 Å². The van der Waals surface area contributed by atoms with Crippen molar-refractivity contribution in [1.82, 2.24) is 4.90 Å². The van der Waals surface area contributed by atoms with E-state index in [1.807, 2.05) is 39.8 Å². The Morgan fingerprint density at radius 1 is 1.30 bits per heavy atom. The summed E-state index contributed by atoms with van der Waals surface area (Å²) in [5, 5.41) is 0. The molecule has 1 saturated heterocycles. The van der Waals surface area contributed by atoms with Crippen LogP contribution < -0.4 is 0 Å². The average molecular weight is 279 g/mol. The number of carbonyl (C=O) groups excluding carboxylic acids is 1. The van der Waals surface area contributed by atoms with Crippen LogP contribution >= 0.6 is 0 Å². The fourth-order valence-electron chi connectivity index (χ4n) is 3.00. The smallest absolute Gasteiger partial charge is 0.171 e. The van der Waals surface area contributed by atoms with Crippen LogP contribution in [0.15, 0.2) is 22.8 Å². The third-order valence-electron chi connectivity index (χ3n) is 4.11. The van der Waals surface area contributed by atoms with Gasteiger partial charge in [-0.25, -0.2) is 0 Å². The molecule has 0 aliphatic carbocycles. The van der Waals surface area contributed by atoms with Crippen LogP contribution in [0.2, 0.25) is 0 Å². The van der Waals surface area contributed by atoms with Crippen molar-refractivity contribution in [1.29, 1.82) is 0 Å². The van der Waals surface area contributed by atoms with E-state index in [2.05, 4.69) is 11.8 Å². The Kier molecular flexibility index (Phi) is 4.07. The zero-order chi connectivity index (χ0) is 15.0. The quantitative estimate of drug-likeness (QED) is 0.831. The molecule has 1 aliphatic heterocycles. The van der Waals surface area contributed by atoms with E-state index in [0.717, 1.165) is 18.8 Å². The first-order chi connectivity index (χ1) is 9.26. The van der Waals surface area contributed by atoms with E-state index in [1.165, 1.54) is 0 Å². The number of Topliss-reactive ketones (excluding diaryl/α,β-unsaturated/α-hetero) is 1. The third kappa shape index (κ3) is 2.96. The molecule has 1 aliphatic rings. The Bertz CT molecular complexity index is 462. The summed E-state index contributed by atoms with van der Waals surface area (Å²) < 4.78 is 11.3. The lowest BCUT2D eigenvalue weighted by molar-refractivity contribution is -0.132. The Morgan fingerprint density at radius 2 is 2.00 bits per heavy atom. The number of carbonyl (C=O) groups is 1. The molecule has 4 heteroatoms. The normalized spacial score (nSPS) is 24.5. The number of hydrogen-bond donors (Lipinski definition) is 0. The van der Waals surface area contributed by atoms with E-state index in [0.29, 0.717) is 6.54 Å². The Morgan fingerprint density at radius 3 is 2.45 bits per heavy atom. The lowest BCUT2D eigenvalue weighted by atomic mass is 9.85. The number of furan rings is 1. The number of nitrogens with zero attached hydrogens (tertiary/aromatic N) is 1. The zero-order valence-corrected chi connectivity index (χ0v) is 13.1. The topological polar surface area (TPSA) is 42.7 Å². The molecule has 4 nitrogen and oxygen atoms in total. The van der Waals surface area contributed by atoms with Gasteiger partial charge in [0.15, 0.2) is 5.78 Å². The maximum absolute atomic E-state index is 12.5. The predicted octanol–water partition coefficient (Wildman–Crippen LogP) is 2.87. The molecule has 0 aromatic carbocycles. The minimum absolute atomic E-state index is 0.104. The van der Waals surface area contributed by atoms with Gasteiger partial charge in [-0.3, -0.25) is 9.69 Å². The van der Waals surface area contributed by atoms with Crippen molar-refractivity contribution in [2.75, 3.05) is 13.1 Å². The molecule has 2 heterocycles. The van der Waals surface area contributed by atoms with Crippen molar-refractivity contribution in [2.24, 2.45) is 5.92 Å². The number of rotatable bonds is 5. The summed E-state index contributed by atoms with van der Waals surface area (Å²) in [6.45, 7) is 12.1. The lowest BCUT2D eigenvalue weighted by Gasteiger charge is -2.29. The van der Waals surface area contributed by atoms with Crippen LogP contribution in [0.3, 0.4) is 0 Å². The first-order valence-corrected chi connectivity index (χ1v) is 7.25. The minimum Gasteiger partial charge on any atom is -0.468 e. The van der Waals surface area contributed by atoms with Crippen molar-refractivity contribution in [3.8, 4) is 0 Å². The zero-order valence-electron chi connectivity index (χ0n) is 13.1. The second-order valence-corrected chi connectivity index (χ2v) is 6.54. The molecule has 1 aromatic rings. The standard InChI is InChI=1S/C16H25NO3/c1-6-17(10-12-8-7-9-19-12)11-13-14(18)16(4,5)20-15(13,2)3/h7-9,13H,6,10-11H2,1-5H3. The first-order valence-electron chi connectivity index (χ1n) is 7.25. The highest BCUT2D eigenvalue weighted by Crippen LogP contribution is 2.39. The maximum atomic E-state index is 12.5. The Hall–Kier alpha value is -1.13. The van der Waals surface area contributed by atoms with Crippen molar-refractivity contribution < 1.29 is 13.9 Å². The number of ether oxygens (including phenoxy) is 1. The SMILES string of the molecule is CCN(Cc1ccco1)CC1C(=O)C(C)(C)OC1(C)C. The Balaban J connectivity index is 2.08. The highest BCUT2D eigenvalue weighted by Gasteiger charge is 2.53. The molecule has 20 heavy (non-hydrogen) atoms. The van der Waals surface area contributed by atoms with Crippen molar-refractivity contribution in [3.05, 3.63) is 24.2 Å². The summed E-state index contributed by atoms with van der Waals surface area (Å²) in [6.07, 6.45) is 1.68. The van der Waals surface area contributed by atoms with Crippen molar-refractivity contribution >= 4 is 5.78 Å². The fraction of sp³-hybridized carbons (Fsp3) is 0.688. The van der Waals surface area contributed by atoms with Crippen LogP contribution in [-0.4, -0.2) is 35.0 Å². The van der Waals surface area contributed by atoms with E-state index in [9.17, 15) is 4.79 Å². The van der Waals surface area contributed by atoms with E-state index in [4.69, 9.17) is 9.15 Å². The molecular formula is C16H25NO3. The van der Waals surface area contributed by atoms with Crippen LogP contribution in [0, 0.1) is 5.92 Å². The van der Waals surface area contributed by atoms with E-state index < -0.39 is 11.2 Å². The van der Waals surface area contributed by atoms with Gasteiger partial charge in [0.1, 0.15) is 11.4 Å². The molecule has 0 spiro atoms. The van der Waals surface area contributed by atoms with Gasteiger partial charge in [-0.15, -0.1) is 0 Å². The summed E-state index contributed by atoms with van der Waals surface area (Å²) in [4.78, 5) is 14.8. The summed E-state index contributed by atoms with van der Waals surface area (Å²) in [6, 6.07) is 3.85. The van der Waals surface area contributed by atoms with Gasteiger partial charge >= 0.3 is 0 Å². The molecule has 1 aromatic heterocycles. The minimum atomic E-state index is -0.682. The van der Waals surface area contributed by atoms with Crippen LogP contribution in [0.25, 0.3) is 0 Å². The second kappa shape index (κ2) is 5.34. The highest BCUT2D eigenvalue weighted by atomic mass is 16.5. The third-order valence-corrected chi connectivity index (χ3v) is 4.11. The van der Waals surface area contributed by atoms with Gasteiger partial charge in [0.05, 0.1) is 24.3 Å². The predicted molar refractivity (Wildman–Crippen MR) is 77.4 cm³/mol. The molecule has 0 N–H and O–H groups in total. The van der Waals surface area contributed by atoms with Gasteiger partial charge in [0, 0.05) is 6.54 Å². The van der Waals surface area contributed by atoms with Crippen LogP contribution in [0.1, 0.15) is 40.4 Å². The number of ketones is 1. The van der Waals surface area contributed by atoms with Crippen molar-refractivity contribution in [2.45, 2.75) is 52.4 Å². The van der Waals surface area contributed by atoms with Crippen LogP contribution in [0.5, 0.6) is 0 Å². The summed E-state index contributed by atoms with van der Waals surface area (Å²) in [5.74, 6) is 1.02. The maximum Gasteiger partial charge on any atom is 0.171 e. The molecule has 0 bridgehead atoms. The van der Waals surface area contributed by atoms with Crippen LogP contribution in [-0.2, 0) is 16.1 Å². The largest absolute Gasteiger partial charge is 0.468 e. The van der Waals surface area contributed by atoms with Gasteiger partial charge in [-0.2, -0.15) is 0 Å². The van der Waals surface area contributed by atoms with Gasteiger partial charge in [-0.1, -0.05) is 6.92 Å². The monoisotopic (exact) mass is 279 g/mol. The second-order valence-electron chi connectivity index (χ2n) is 6.54. The Labute approximate surface area is 121 Å². The van der Waals surface area contributed by atoms with E-state index in [-0.39, 0.29) is 11.7 Å². The van der Waals surface area contributed by atoms with Gasteiger partial charge in [-0.05, 0) is 46.4 Å². The summed E-state index contributed by atoms with van der Waals surface area (Å²) in [7, 11) is 0. The van der Waals surface area contributed by atoms with E-state index in [1.54, 1.807) is 6.26 Å². The van der Waals surface area contributed by atoms with E-state index >= 15 is 0 Å². The summed E-state index contributed by atoms with van der Waals surface area (Å²) >= 11 is 0. The lowest BCUT2D eigenvalue weighted by Crippen LogP contribution is -2.40. The van der Waals surface area contributed by atoms with Gasteiger partial charge in [0.2, 0.25) is 0 Å². The molecule has 0 amide bonds. The first kappa shape index (κ1) is 15.3. The van der Waals surface area contributed by atoms with Crippen LogP contribution in [0.4, 0.5) is 0 Å². The average Bonchev–Trinajstić information content (AvgIpc) is 2.88. The number of hydrogen-bond acceptors (Lipinski definition) is 4. The molecular weight excluding hydrogens is 254 g/mol. The molecule has 1 atom stereocenters. The summed E-state index contributed by atoms with van der Waals surface area (Å²) in [5.41, 5.74) is -1.10. The molecule has 112 valence electrons. The molecule has 1 fully saturated rings. The van der Waals surface area contributed by atoms with Gasteiger partial charge < -0.3 is 9.15 Å². The fourth-order valence-corrected chi connectivity index (χ4v) is 3.00. The molecule has 0 radical (unpaired) electrons. The highest BCUT2D eigenvalue weighted by molar-refractivity contribution is 5.91. The van der Waals surface area contributed by atoms with Crippen molar-refractivity contribution in [3.63, 3.8) is 0 Å². The molecule has 1 unspecified atom stereocenters.